The van der Waals surface area contributed by atoms with Gasteiger partial charge in [0.15, 0.2) is 0 Å². The summed E-state index contributed by atoms with van der Waals surface area (Å²) in [6.07, 6.45) is 2.49. The molecular formula is C12H18BrNOS. The number of hydrogen-bond acceptors (Lipinski definition) is 3. The Balaban J connectivity index is 2.18. The molecule has 1 aromatic rings. The van der Waals surface area contributed by atoms with Crippen molar-refractivity contribution >= 4 is 27.3 Å². The van der Waals surface area contributed by atoms with Crippen LogP contribution in [0.1, 0.15) is 36.2 Å². The first-order valence-corrected chi connectivity index (χ1v) is 7.37. The summed E-state index contributed by atoms with van der Waals surface area (Å²) in [4.78, 5) is 1.32. The molecule has 1 aliphatic rings. The van der Waals surface area contributed by atoms with Gasteiger partial charge in [-0.25, -0.2) is 0 Å². The molecule has 0 aromatic carbocycles. The Morgan fingerprint density at radius 3 is 3.00 bits per heavy atom. The third kappa shape index (κ3) is 2.35. The monoisotopic (exact) mass is 303 g/mol. The van der Waals surface area contributed by atoms with E-state index in [0.717, 1.165) is 19.4 Å². The van der Waals surface area contributed by atoms with Gasteiger partial charge in [0.1, 0.15) is 0 Å². The van der Waals surface area contributed by atoms with Gasteiger partial charge in [0.25, 0.3) is 0 Å². The fourth-order valence-corrected chi connectivity index (χ4v) is 4.28. The van der Waals surface area contributed by atoms with Crippen molar-refractivity contribution < 1.29 is 4.74 Å². The largest absolute Gasteiger partial charge is 0.378 e. The first-order chi connectivity index (χ1) is 7.63. The van der Waals surface area contributed by atoms with E-state index in [1.807, 2.05) is 0 Å². The SMILES string of the molecule is CCC1OCCC1C(N)c1cc(Br)sc1C. The standard InChI is InChI=1S/C12H18BrNOS/c1-3-10-8(4-5-15-10)12(14)9-6-11(13)16-7(9)2/h6,8,10,12H,3-5,14H2,1-2H3. The molecular weight excluding hydrogens is 286 g/mol. The highest BCUT2D eigenvalue weighted by molar-refractivity contribution is 9.11. The van der Waals surface area contributed by atoms with E-state index in [1.165, 1.54) is 14.2 Å². The Labute approximate surface area is 109 Å². The van der Waals surface area contributed by atoms with E-state index in [-0.39, 0.29) is 6.04 Å². The van der Waals surface area contributed by atoms with Crippen LogP contribution in [0.5, 0.6) is 0 Å². The van der Waals surface area contributed by atoms with Crippen LogP contribution < -0.4 is 5.73 Å². The first-order valence-electron chi connectivity index (χ1n) is 5.76. The Bertz CT molecular complexity index is 366. The van der Waals surface area contributed by atoms with E-state index < -0.39 is 0 Å². The van der Waals surface area contributed by atoms with Crippen molar-refractivity contribution in [2.45, 2.75) is 38.8 Å². The molecule has 0 saturated carbocycles. The van der Waals surface area contributed by atoms with E-state index >= 15 is 0 Å². The van der Waals surface area contributed by atoms with E-state index in [1.54, 1.807) is 11.3 Å². The number of hydrogen-bond donors (Lipinski definition) is 1. The lowest BCUT2D eigenvalue weighted by atomic mass is 9.88. The molecule has 1 aromatic heterocycles. The maximum atomic E-state index is 6.39. The van der Waals surface area contributed by atoms with Gasteiger partial charge in [0.05, 0.1) is 9.89 Å². The second kappa shape index (κ2) is 5.17. The van der Waals surface area contributed by atoms with Crippen molar-refractivity contribution in [2.75, 3.05) is 6.61 Å². The van der Waals surface area contributed by atoms with Gasteiger partial charge >= 0.3 is 0 Å². The molecule has 90 valence electrons. The van der Waals surface area contributed by atoms with Crippen LogP contribution in [0.3, 0.4) is 0 Å². The Hall–Kier alpha value is 0.1000. The zero-order valence-corrected chi connectivity index (χ0v) is 12.1. The summed E-state index contributed by atoms with van der Waals surface area (Å²) in [5, 5.41) is 0. The minimum atomic E-state index is 0.120. The van der Waals surface area contributed by atoms with Crippen LogP contribution >= 0.6 is 27.3 Å². The van der Waals surface area contributed by atoms with Crippen LogP contribution in [-0.4, -0.2) is 12.7 Å². The third-order valence-electron chi connectivity index (χ3n) is 3.41. The van der Waals surface area contributed by atoms with E-state index in [0.29, 0.717) is 12.0 Å². The molecule has 4 heteroatoms. The van der Waals surface area contributed by atoms with Gasteiger partial charge in [-0.1, -0.05) is 6.92 Å². The fourth-order valence-electron chi connectivity index (χ4n) is 2.52. The van der Waals surface area contributed by atoms with Crippen LogP contribution in [0.4, 0.5) is 0 Å². The van der Waals surface area contributed by atoms with Crippen molar-refractivity contribution in [3.8, 4) is 0 Å². The molecule has 3 unspecified atom stereocenters. The molecule has 0 amide bonds. The van der Waals surface area contributed by atoms with Crippen molar-refractivity contribution in [1.29, 1.82) is 0 Å². The average molecular weight is 304 g/mol. The number of aryl methyl sites for hydroxylation is 1. The summed E-state index contributed by atoms with van der Waals surface area (Å²) in [5.41, 5.74) is 7.67. The zero-order chi connectivity index (χ0) is 11.7. The van der Waals surface area contributed by atoms with E-state index in [9.17, 15) is 0 Å². The lowest BCUT2D eigenvalue weighted by Gasteiger charge is -2.23. The van der Waals surface area contributed by atoms with Gasteiger partial charge in [-0.3, -0.25) is 0 Å². The van der Waals surface area contributed by atoms with Gasteiger partial charge in [-0.2, -0.15) is 0 Å². The normalized spacial score (nSPS) is 27.2. The molecule has 0 spiro atoms. The molecule has 0 aliphatic carbocycles. The molecule has 3 atom stereocenters. The van der Waals surface area contributed by atoms with Crippen LogP contribution in [0.15, 0.2) is 9.85 Å². The topological polar surface area (TPSA) is 35.2 Å². The molecule has 1 aliphatic heterocycles. The molecule has 0 bridgehead atoms. The Morgan fingerprint density at radius 1 is 1.69 bits per heavy atom. The lowest BCUT2D eigenvalue weighted by Crippen LogP contribution is -2.28. The summed E-state index contributed by atoms with van der Waals surface area (Å²) >= 11 is 5.28. The molecule has 2 nitrogen and oxygen atoms in total. The second-order valence-corrected chi connectivity index (χ2v) is 6.99. The van der Waals surface area contributed by atoms with Crippen LogP contribution in [0.2, 0.25) is 0 Å². The highest BCUT2D eigenvalue weighted by atomic mass is 79.9. The van der Waals surface area contributed by atoms with Gasteiger partial charge < -0.3 is 10.5 Å². The molecule has 2 rings (SSSR count). The van der Waals surface area contributed by atoms with Crippen molar-refractivity contribution in [2.24, 2.45) is 11.7 Å². The molecule has 1 fully saturated rings. The van der Waals surface area contributed by atoms with Crippen molar-refractivity contribution in [3.63, 3.8) is 0 Å². The first kappa shape index (κ1) is 12.6. The Morgan fingerprint density at radius 2 is 2.44 bits per heavy atom. The number of nitrogens with two attached hydrogens (primary N) is 1. The van der Waals surface area contributed by atoms with Gasteiger partial charge in [-0.15, -0.1) is 11.3 Å². The summed E-state index contributed by atoms with van der Waals surface area (Å²) in [7, 11) is 0. The summed E-state index contributed by atoms with van der Waals surface area (Å²) in [6, 6.07) is 2.28. The maximum absolute atomic E-state index is 6.39. The fraction of sp³-hybridized carbons (Fsp3) is 0.667. The van der Waals surface area contributed by atoms with Crippen LogP contribution in [0, 0.1) is 12.8 Å². The smallest absolute Gasteiger partial charge is 0.0704 e. The number of ether oxygens (including phenoxy) is 1. The quantitative estimate of drug-likeness (QED) is 0.925. The highest BCUT2D eigenvalue weighted by Gasteiger charge is 2.33. The predicted molar refractivity (Wildman–Crippen MR) is 71.8 cm³/mol. The van der Waals surface area contributed by atoms with Gasteiger partial charge in [-0.05, 0) is 47.3 Å². The summed E-state index contributed by atoms with van der Waals surface area (Å²) in [5.74, 6) is 0.477. The summed E-state index contributed by atoms with van der Waals surface area (Å²) < 4.78 is 6.88. The Kier molecular flexibility index (Phi) is 4.06. The van der Waals surface area contributed by atoms with Crippen molar-refractivity contribution in [3.05, 3.63) is 20.3 Å². The van der Waals surface area contributed by atoms with E-state index in [2.05, 4.69) is 35.8 Å². The number of halogens is 1. The molecule has 2 N–H and O–H groups in total. The van der Waals surface area contributed by atoms with Gasteiger partial charge in [0.2, 0.25) is 0 Å². The lowest BCUT2D eigenvalue weighted by molar-refractivity contribution is 0.0813. The maximum Gasteiger partial charge on any atom is 0.0704 e. The predicted octanol–water partition coefficient (Wildman–Crippen LogP) is 3.63. The molecule has 1 saturated heterocycles. The highest BCUT2D eigenvalue weighted by Crippen LogP contribution is 2.38. The van der Waals surface area contributed by atoms with Crippen molar-refractivity contribution in [1.82, 2.24) is 0 Å². The zero-order valence-electron chi connectivity index (χ0n) is 9.70. The third-order valence-corrected chi connectivity index (χ3v) is 4.98. The molecule has 2 heterocycles. The minimum Gasteiger partial charge on any atom is -0.378 e. The second-order valence-electron chi connectivity index (χ2n) is 4.36. The number of rotatable bonds is 3. The van der Waals surface area contributed by atoms with Crippen LogP contribution in [-0.2, 0) is 4.74 Å². The van der Waals surface area contributed by atoms with Gasteiger partial charge in [0, 0.05) is 23.4 Å². The molecule has 0 radical (unpaired) electrons. The summed E-state index contributed by atoms with van der Waals surface area (Å²) in [6.45, 7) is 5.18. The van der Waals surface area contributed by atoms with E-state index in [4.69, 9.17) is 10.5 Å². The van der Waals surface area contributed by atoms with Crippen LogP contribution in [0.25, 0.3) is 0 Å². The number of thiophene rings is 1. The molecule has 16 heavy (non-hydrogen) atoms. The average Bonchev–Trinajstić information content (AvgIpc) is 2.83. The minimum absolute atomic E-state index is 0.120.